The highest BCUT2D eigenvalue weighted by atomic mass is 19.1. The quantitative estimate of drug-likeness (QED) is 0.718. The lowest BCUT2D eigenvalue weighted by Gasteiger charge is -2.38. The first-order valence-corrected chi connectivity index (χ1v) is 5.95. The summed E-state index contributed by atoms with van der Waals surface area (Å²) in [5.74, 6) is -0.0585. The number of hydrogen-bond donors (Lipinski definition) is 1. The van der Waals surface area contributed by atoms with E-state index in [1.54, 1.807) is 6.07 Å². The van der Waals surface area contributed by atoms with Gasteiger partial charge in [0.25, 0.3) is 0 Å². The Morgan fingerprint density at radius 3 is 3.00 bits per heavy atom. The van der Waals surface area contributed by atoms with E-state index in [-0.39, 0.29) is 5.82 Å². The molecular formula is C13H17FN2. The van der Waals surface area contributed by atoms with E-state index >= 15 is 0 Å². The molecule has 1 fully saturated rings. The van der Waals surface area contributed by atoms with Gasteiger partial charge in [0.2, 0.25) is 0 Å². The second kappa shape index (κ2) is 3.45. The third-order valence-corrected chi connectivity index (χ3v) is 3.85. The van der Waals surface area contributed by atoms with E-state index in [0.29, 0.717) is 12.1 Å². The van der Waals surface area contributed by atoms with Gasteiger partial charge in [0.05, 0.1) is 5.69 Å². The van der Waals surface area contributed by atoms with Crippen molar-refractivity contribution >= 4 is 5.69 Å². The summed E-state index contributed by atoms with van der Waals surface area (Å²) >= 11 is 0. The Bertz CT molecular complexity index is 430. The molecule has 0 spiro atoms. The number of rotatable bonds is 0. The van der Waals surface area contributed by atoms with E-state index in [4.69, 9.17) is 0 Å². The Hall–Kier alpha value is -1.09. The van der Waals surface area contributed by atoms with Crippen molar-refractivity contribution in [2.75, 3.05) is 18.0 Å². The van der Waals surface area contributed by atoms with Crippen LogP contribution in [0.1, 0.15) is 18.1 Å². The number of anilines is 1. The number of piperazine rings is 1. The Morgan fingerprint density at radius 2 is 2.19 bits per heavy atom. The minimum atomic E-state index is -0.0585. The van der Waals surface area contributed by atoms with Crippen LogP contribution >= 0.6 is 0 Å². The molecule has 2 aliphatic heterocycles. The second-order valence-electron chi connectivity index (χ2n) is 4.96. The standard InChI is InChI=1S/C13H17FN2/c1-8-3-4-12(14)13-11(8)5-10-7-15-6-9(2)16(10)13/h3-4,9-10,15H,5-7H2,1-2H3/t9?,10-/m1/s1. The van der Waals surface area contributed by atoms with Crippen LogP contribution in [0.3, 0.4) is 0 Å². The second-order valence-corrected chi connectivity index (χ2v) is 4.96. The smallest absolute Gasteiger partial charge is 0.146 e. The molecule has 0 aliphatic carbocycles. The molecule has 16 heavy (non-hydrogen) atoms. The maximum absolute atomic E-state index is 14.0. The molecule has 0 bridgehead atoms. The fourth-order valence-corrected chi connectivity index (χ4v) is 3.07. The lowest BCUT2D eigenvalue weighted by atomic mass is 10.0. The average Bonchev–Trinajstić information content (AvgIpc) is 2.65. The molecule has 1 aromatic carbocycles. The lowest BCUT2D eigenvalue weighted by molar-refractivity contribution is 0.425. The summed E-state index contributed by atoms with van der Waals surface area (Å²) in [6.45, 7) is 6.16. The van der Waals surface area contributed by atoms with Gasteiger partial charge in [-0.05, 0) is 37.5 Å². The summed E-state index contributed by atoms with van der Waals surface area (Å²) < 4.78 is 14.0. The van der Waals surface area contributed by atoms with Gasteiger partial charge in [0.1, 0.15) is 5.82 Å². The molecule has 1 aromatic rings. The van der Waals surface area contributed by atoms with Crippen LogP contribution in [0.25, 0.3) is 0 Å². The van der Waals surface area contributed by atoms with Crippen LogP contribution in [0.5, 0.6) is 0 Å². The van der Waals surface area contributed by atoms with E-state index in [1.165, 1.54) is 11.1 Å². The highest BCUT2D eigenvalue weighted by molar-refractivity contribution is 5.64. The Labute approximate surface area is 95.4 Å². The largest absolute Gasteiger partial charge is 0.360 e. The van der Waals surface area contributed by atoms with Gasteiger partial charge in [-0.1, -0.05) is 6.07 Å². The van der Waals surface area contributed by atoms with E-state index in [2.05, 4.69) is 24.1 Å². The minimum absolute atomic E-state index is 0.0585. The SMILES string of the molecule is Cc1ccc(F)c2c1C[C@@H]1CNCC(C)N21. The predicted molar refractivity (Wildman–Crippen MR) is 63.4 cm³/mol. The Balaban J connectivity index is 2.13. The van der Waals surface area contributed by atoms with Crippen LogP contribution in [0.4, 0.5) is 10.1 Å². The van der Waals surface area contributed by atoms with Crippen LogP contribution in [0, 0.1) is 12.7 Å². The molecule has 0 radical (unpaired) electrons. The molecule has 1 N–H and O–H groups in total. The number of aryl methyl sites for hydroxylation is 1. The van der Waals surface area contributed by atoms with Crippen molar-refractivity contribution in [2.45, 2.75) is 32.4 Å². The normalized spacial score (nSPS) is 27.8. The highest BCUT2D eigenvalue weighted by Gasteiger charge is 2.37. The van der Waals surface area contributed by atoms with Gasteiger partial charge in [-0.3, -0.25) is 0 Å². The highest BCUT2D eigenvalue weighted by Crippen LogP contribution is 2.38. The van der Waals surface area contributed by atoms with Gasteiger partial charge in [-0.15, -0.1) is 0 Å². The van der Waals surface area contributed by atoms with Gasteiger partial charge >= 0.3 is 0 Å². The van der Waals surface area contributed by atoms with E-state index in [0.717, 1.165) is 25.2 Å². The van der Waals surface area contributed by atoms with Crippen molar-refractivity contribution in [1.82, 2.24) is 5.32 Å². The molecule has 2 heterocycles. The van der Waals surface area contributed by atoms with Crippen molar-refractivity contribution in [3.63, 3.8) is 0 Å². The van der Waals surface area contributed by atoms with Gasteiger partial charge in [-0.25, -0.2) is 4.39 Å². The number of benzene rings is 1. The van der Waals surface area contributed by atoms with Crippen molar-refractivity contribution in [3.05, 3.63) is 29.1 Å². The van der Waals surface area contributed by atoms with Crippen molar-refractivity contribution in [3.8, 4) is 0 Å². The van der Waals surface area contributed by atoms with Crippen molar-refractivity contribution in [2.24, 2.45) is 0 Å². The first-order valence-electron chi connectivity index (χ1n) is 5.95. The maximum atomic E-state index is 14.0. The van der Waals surface area contributed by atoms with Crippen LogP contribution < -0.4 is 10.2 Å². The molecule has 1 unspecified atom stereocenters. The number of fused-ring (bicyclic) bond motifs is 3. The Morgan fingerprint density at radius 1 is 1.38 bits per heavy atom. The average molecular weight is 220 g/mol. The molecule has 86 valence electrons. The van der Waals surface area contributed by atoms with E-state index < -0.39 is 0 Å². The zero-order valence-corrected chi connectivity index (χ0v) is 9.76. The summed E-state index contributed by atoms with van der Waals surface area (Å²) in [6, 6.07) is 4.32. The van der Waals surface area contributed by atoms with Crippen LogP contribution in [0.15, 0.2) is 12.1 Å². The van der Waals surface area contributed by atoms with Gasteiger partial charge in [0.15, 0.2) is 0 Å². The van der Waals surface area contributed by atoms with Gasteiger partial charge < -0.3 is 10.2 Å². The molecule has 0 saturated carbocycles. The first kappa shape index (κ1) is 10.1. The fraction of sp³-hybridized carbons (Fsp3) is 0.538. The van der Waals surface area contributed by atoms with E-state index in [9.17, 15) is 4.39 Å². The van der Waals surface area contributed by atoms with Crippen LogP contribution in [-0.4, -0.2) is 25.2 Å². The molecule has 2 atom stereocenters. The summed E-state index contributed by atoms with van der Waals surface area (Å²) in [7, 11) is 0. The number of halogens is 1. The van der Waals surface area contributed by atoms with Crippen molar-refractivity contribution < 1.29 is 4.39 Å². The molecule has 3 heteroatoms. The van der Waals surface area contributed by atoms with Crippen LogP contribution in [0.2, 0.25) is 0 Å². The van der Waals surface area contributed by atoms with Gasteiger partial charge in [0, 0.05) is 25.2 Å². The third-order valence-electron chi connectivity index (χ3n) is 3.85. The zero-order valence-electron chi connectivity index (χ0n) is 9.76. The summed E-state index contributed by atoms with van der Waals surface area (Å²) in [4.78, 5) is 2.27. The predicted octanol–water partition coefficient (Wildman–Crippen LogP) is 1.86. The molecular weight excluding hydrogens is 203 g/mol. The maximum Gasteiger partial charge on any atom is 0.146 e. The summed E-state index contributed by atoms with van der Waals surface area (Å²) in [5, 5.41) is 3.42. The third kappa shape index (κ3) is 1.27. The first-order chi connectivity index (χ1) is 7.68. The topological polar surface area (TPSA) is 15.3 Å². The monoisotopic (exact) mass is 220 g/mol. The minimum Gasteiger partial charge on any atom is -0.360 e. The lowest BCUT2D eigenvalue weighted by Crippen LogP contribution is -2.55. The summed E-state index contributed by atoms with van der Waals surface area (Å²) in [6.07, 6.45) is 0.982. The molecule has 2 aliphatic rings. The van der Waals surface area contributed by atoms with Gasteiger partial charge in [-0.2, -0.15) is 0 Å². The zero-order chi connectivity index (χ0) is 11.3. The summed E-state index contributed by atoms with van der Waals surface area (Å²) in [5.41, 5.74) is 3.29. The molecule has 3 rings (SSSR count). The van der Waals surface area contributed by atoms with E-state index in [1.807, 2.05) is 6.07 Å². The Kier molecular flexibility index (Phi) is 2.18. The molecule has 1 saturated heterocycles. The molecule has 2 nitrogen and oxygen atoms in total. The van der Waals surface area contributed by atoms with Crippen LogP contribution in [-0.2, 0) is 6.42 Å². The number of nitrogens with one attached hydrogen (secondary N) is 1. The molecule has 0 aromatic heterocycles. The number of nitrogens with zero attached hydrogens (tertiary/aromatic N) is 1. The van der Waals surface area contributed by atoms with Crippen molar-refractivity contribution in [1.29, 1.82) is 0 Å². The number of hydrogen-bond acceptors (Lipinski definition) is 2. The fourth-order valence-electron chi connectivity index (χ4n) is 3.07. The molecule has 0 amide bonds.